The molecular weight excluding hydrogens is 330 g/mol. The third kappa shape index (κ3) is 4.66. The minimum absolute atomic E-state index is 0.170. The van der Waals surface area contributed by atoms with Crippen LogP contribution >= 0.6 is 0 Å². The average molecular weight is 355 g/mol. The lowest BCUT2D eigenvalue weighted by Gasteiger charge is -2.28. The summed E-state index contributed by atoms with van der Waals surface area (Å²) in [6.07, 6.45) is 0.915. The zero-order valence-electron chi connectivity index (χ0n) is 14.9. The highest BCUT2D eigenvalue weighted by atomic mass is 32.2. The number of nitrogens with zero attached hydrogens (tertiary/aromatic N) is 3. The zero-order chi connectivity index (χ0) is 18.1. The standard InChI is InChI=1S/C16H25N3O4S/c1-11-9-12(2)18-14(17-11)24(21,22)10-13-7-6-8-19(13)15(20)23-16(3,4)5/h9,13H,6-8,10H2,1-5H3/t13-/m1/s1. The van der Waals surface area contributed by atoms with Gasteiger partial charge in [-0.2, -0.15) is 0 Å². The fraction of sp³-hybridized carbons (Fsp3) is 0.688. The number of aromatic nitrogens is 2. The van der Waals surface area contributed by atoms with Gasteiger partial charge in [-0.3, -0.25) is 0 Å². The summed E-state index contributed by atoms with van der Waals surface area (Å²) in [5.41, 5.74) is 0.604. The van der Waals surface area contributed by atoms with Crippen LogP contribution in [0.3, 0.4) is 0 Å². The van der Waals surface area contributed by atoms with Crippen LogP contribution in [0.1, 0.15) is 45.0 Å². The molecule has 7 nitrogen and oxygen atoms in total. The van der Waals surface area contributed by atoms with Gasteiger partial charge in [-0.25, -0.2) is 23.2 Å². The van der Waals surface area contributed by atoms with Crippen LogP contribution in [0.25, 0.3) is 0 Å². The van der Waals surface area contributed by atoms with Crippen LogP contribution in [0.5, 0.6) is 0 Å². The summed E-state index contributed by atoms with van der Waals surface area (Å²) in [4.78, 5) is 21.9. The fourth-order valence-electron chi connectivity index (χ4n) is 2.73. The van der Waals surface area contributed by atoms with E-state index in [1.165, 1.54) is 4.90 Å². The van der Waals surface area contributed by atoms with Gasteiger partial charge in [0, 0.05) is 24.0 Å². The Morgan fingerprint density at radius 2 is 1.88 bits per heavy atom. The van der Waals surface area contributed by atoms with E-state index in [4.69, 9.17) is 4.74 Å². The second-order valence-electron chi connectivity index (χ2n) is 7.18. The first-order chi connectivity index (χ1) is 11.0. The molecule has 0 unspecified atom stereocenters. The molecule has 1 aromatic heterocycles. The maximum absolute atomic E-state index is 12.6. The molecule has 0 saturated carbocycles. The van der Waals surface area contributed by atoms with Gasteiger partial charge in [-0.15, -0.1) is 0 Å². The number of likely N-dealkylation sites (tertiary alicyclic amines) is 1. The van der Waals surface area contributed by atoms with Crippen molar-refractivity contribution in [3.8, 4) is 0 Å². The van der Waals surface area contributed by atoms with Crippen molar-refractivity contribution in [2.24, 2.45) is 0 Å². The molecule has 1 atom stereocenters. The Morgan fingerprint density at radius 1 is 1.29 bits per heavy atom. The number of hydrogen-bond acceptors (Lipinski definition) is 6. The number of rotatable bonds is 3. The summed E-state index contributed by atoms with van der Waals surface area (Å²) in [5, 5.41) is -0.170. The van der Waals surface area contributed by atoms with Gasteiger partial charge >= 0.3 is 6.09 Å². The smallest absolute Gasteiger partial charge is 0.410 e. The molecular formula is C16H25N3O4S. The molecule has 1 fully saturated rings. The predicted octanol–water partition coefficient (Wildman–Crippen LogP) is 2.27. The molecule has 0 bridgehead atoms. The fourth-order valence-corrected chi connectivity index (χ4v) is 4.30. The lowest BCUT2D eigenvalue weighted by molar-refractivity contribution is 0.0241. The minimum Gasteiger partial charge on any atom is -0.444 e. The summed E-state index contributed by atoms with van der Waals surface area (Å²) >= 11 is 0. The minimum atomic E-state index is -3.67. The predicted molar refractivity (Wildman–Crippen MR) is 89.5 cm³/mol. The second-order valence-corrected chi connectivity index (χ2v) is 9.11. The number of hydrogen-bond donors (Lipinski definition) is 0. The molecule has 1 aliphatic heterocycles. The normalized spacial score (nSPS) is 18.7. The van der Waals surface area contributed by atoms with Crippen molar-refractivity contribution in [2.75, 3.05) is 12.3 Å². The van der Waals surface area contributed by atoms with Crippen LogP contribution < -0.4 is 0 Å². The van der Waals surface area contributed by atoms with E-state index in [1.807, 2.05) is 0 Å². The van der Waals surface area contributed by atoms with E-state index >= 15 is 0 Å². The van der Waals surface area contributed by atoms with Gasteiger partial charge in [0.15, 0.2) is 0 Å². The van der Waals surface area contributed by atoms with Crippen LogP contribution in [0.4, 0.5) is 4.79 Å². The molecule has 1 amide bonds. The number of aryl methyl sites for hydroxylation is 2. The molecule has 2 rings (SSSR count). The molecule has 0 N–H and O–H groups in total. The lowest BCUT2D eigenvalue weighted by Crippen LogP contribution is -2.42. The highest BCUT2D eigenvalue weighted by Gasteiger charge is 2.36. The van der Waals surface area contributed by atoms with Gasteiger partial charge in [-0.05, 0) is 53.5 Å². The van der Waals surface area contributed by atoms with E-state index in [2.05, 4.69) is 9.97 Å². The van der Waals surface area contributed by atoms with E-state index in [0.29, 0.717) is 24.4 Å². The molecule has 0 aromatic carbocycles. The summed E-state index contributed by atoms with van der Waals surface area (Å²) in [6.45, 7) is 9.33. The van der Waals surface area contributed by atoms with Gasteiger partial charge in [0.25, 0.3) is 0 Å². The summed E-state index contributed by atoms with van der Waals surface area (Å²) in [7, 11) is -3.67. The van der Waals surface area contributed by atoms with Crippen LogP contribution in [0.15, 0.2) is 11.2 Å². The van der Waals surface area contributed by atoms with Crippen molar-refractivity contribution >= 4 is 15.9 Å². The molecule has 1 aromatic rings. The number of sulfone groups is 1. The third-order valence-corrected chi connectivity index (χ3v) is 5.22. The largest absolute Gasteiger partial charge is 0.444 e. The van der Waals surface area contributed by atoms with E-state index in [9.17, 15) is 13.2 Å². The zero-order valence-corrected chi connectivity index (χ0v) is 15.7. The summed E-state index contributed by atoms with van der Waals surface area (Å²) in [6, 6.07) is 1.32. The van der Waals surface area contributed by atoms with E-state index in [0.717, 1.165) is 6.42 Å². The van der Waals surface area contributed by atoms with Crippen molar-refractivity contribution < 1.29 is 17.9 Å². The molecule has 2 heterocycles. The number of carbonyl (C=O) groups excluding carboxylic acids is 1. The van der Waals surface area contributed by atoms with Crippen LogP contribution in [0, 0.1) is 13.8 Å². The third-order valence-electron chi connectivity index (χ3n) is 3.66. The van der Waals surface area contributed by atoms with Gasteiger partial charge in [0.2, 0.25) is 15.0 Å². The van der Waals surface area contributed by atoms with Gasteiger partial charge < -0.3 is 9.64 Å². The SMILES string of the molecule is Cc1cc(C)nc(S(=O)(=O)C[C@H]2CCCN2C(=O)OC(C)(C)C)n1. The molecule has 8 heteroatoms. The van der Waals surface area contributed by atoms with Crippen molar-refractivity contribution in [1.29, 1.82) is 0 Å². The Bertz CT molecular complexity index is 705. The van der Waals surface area contributed by atoms with Crippen molar-refractivity contribution in [2.45, 2.75) is 64.3 Å². The van der Waals surface area contributed by atoms with Gasteiger partial charge in [0.1, 0.15) is 5.60 Å². The van der Waals surface area contributed by atoms with Crippen molar-refractivity contribution in [1.82, 2.24) is 14.9 Å². The first-order valence-electron chi connectivity index (χ1n) is 8.02. The molecule has 0 spiro atoms. The van der Waals surface area contributed by atoms with Gasteiger partial charge in [-0.1, -0.05) is 0 Å². The summed E-state index contributed by atoms with van der Waals surface area (Å²) in [5.74, 6) is -0.185. The van der Waals surface area contributed by atoms with E-state index in [-0.39, 0.29) is 10.9 Å². The Hall–Kier alpha value is -1.70. The first-order valence-corrected chi connectivity index (χ1v) is 9.68. The quantitative estimate of drug-likeness (QED) is 0.773. The number of amides is 1. The Kier molecular flexibility index (Phi) is 5.17. The van der Waals surface area contributed by atoms with Crippen LogP contribution in [-0.4, -0.2) is 53.3 Å². The molecule has 134 valence electrons. The molecule has 24 heavy (non-hydrogen) atoms. The molecule has 1 saturated heterocycles. The first kappa shape index (κ1) is 18.6. The van der Waals surface area contributed by atoms with Crippen LogP contribution in [0.2, 0.25) is 0 Å². The summed E-state index contributed by atoms with van der Waals surface area (Å²) < 4.78 is 30.7. The van der Waals surface area contributed by atoms with Crippen molar-refractivity contribution in [3.05, 3.63) is 17.5 Å². The van der Waals surface area contributed by atoms with Gasteiger partial charge in [0.05, 0.1) is 5.75 Å². The number of ether oxygens (including phenoxy) is 1. The molecule has 1 aliphatic rings. The second kappa shape index (κ2) is 6.66. The van der Waals surface area contributed by atoms with Crippen LogP contribution in [-0.2, 0) is 14.6 Å². The molecule has 0 aliphatic carbocycles. The maximum atomic E-state index is 12.6. The number of carbonyl (C=O) groups is 1. The average Bonchev–Trinajstić information content (AvgIpc) is 2.83. The highest BCUT2D eigenvalue weighted by molar-refractivity contribution is 7.91. The van der Waals surface area contributed by atoms with E-state index < -0.39 is 27.6 Å². The Morgan fingerprint density at radius 3 is 2.42 bits per heavy atom. The lowest BCUT2D eigenvalue weighted by atomic mass is 10.2. The topological polar surface area (TPSA) is 89.5 Å². The Labute approximate surface area is 143 Å². The Balaban J connectivity index is 2.17. The maximum Gasteiger partial charge on any atom is 0.410 e. The molecule has 0 radical (unpaired) electrons. The van der Waals surface area contributed by atoms with E-state index in [1.54, 1.807) is 40.7 Å². The monoisotopic (exact) mass is 355 g/mol. The van der Waals surface area contributed by atoms with Crippen molar-refractivity contribution in [3.63, 3.8) is 0 Å². The highest BCUT2D eigenvalue weighted by Crippen LogP contribution is 2.23.